The Labute approximate surface area is 126 Å². The lowest BCUT2D eigenvalue weighted by molar-refractivity contribution is -0.796. The minimum Gasteiger partial charge on any atom is -0.598 e. The second kappa shape index (κ2) is 4.77. The Morgan fingerprint density at radius 1 is 1.18 bits per heavy atom. The topological polar surface area (TPSA) is 52.6 Å². The summed E-state index contributed by atoms with van der Waals surface area (Å²) in [5, 5.41) is 0. The van der Waals surface area contributed by atoms with Crippen LogP contribution in [-0.2, 0) is 25.3 Å². The highest BCUT2D eigenvalue weighted by Gasteiger charge is 2.76. The van der Waals surface area contributed by atoms with Crippen molar-refractivity contribution in [2.45, 2.75) is 12.0 Å². The summed E-state index contributed by atoms with van der Waals surface area (Å²) in [7, 11) is 1.49. The van der Waals surface area contributed by atoms with E-state index in [1.165, 1.54) is 7.05 Å². The highest BCUT2D eigenvalue weighted by atomic mass is 19.2. The van der Waals surface area contributed by atoms with Crippen LogP contribution in [-0.4, -0.2) is 55.4 Å². The lowest BCUT2D eigenvalue weighted by Crippen LogP contribution is -2.73. The molecule has 22 heavy (non-hydrogen) atoms. The van der Waals surface area contributed by atoms with Crippen LogP contribution in [0.2, 0.25) is 0 Å². The number of halogens is 2. The molecule has 0 aliphatic carbocycles. The molecule has 0 saturated carbocycles. The van der Waals surface area contributed by atoms with Crippen molar-refractivity contribution in [2.24, 2.45) is 0 Å². The third-order valence-electron chi connectivity index (χ3n) is 4.60. The number of rotatable bonds is 4. The molecule has 0 amide bonds. The van der Waals surface area contributed by atoms with Crippen molar-refractivity contribution in [1.29, 1.82) is 0 Å². The molecule has 5 nitrogen and oxygen atoms in total. The number of quaternary nitrogens is 1. The molecule has 3 rings (SSSR count). The Morgan fingerprint density at radius 2 is 1.73 bits per heavy atom. The molecule has 2 aliphatic rings. The van der Waals surface area contributed by atoms with Gasteiger partial charge in [0.25, 0.3) is 0 Å². The molecule has 8 heteroatoms. The predicted octanol–water partition coefficient (Wildman–Crippen LogP) is 0.945. The van der Waals surface area contributed by atoms with Gasteiger partial charge in [-0.05, 0) is 12.0 Å². The molecule has 2 fully saturated rings. The van der Waals surface area contributed by atoms with Gasteiger partial charge in [0.2, 0.25) is 0 Å². The van der Waals surface area contributed by atoms with Gasteiger partial charge >= 0.3 is 18.6 Å². The monoisotopic (exact) mass is 311 g/mol. The number of carbonyl (C=O) groups excluding carboxylic acids is 2. The van der Waals surface area contributed by atoms with E-state index in [4.69, 9.17) is 9.31 Å². The molecule has 0 bridgehead atoms. The summed E-state index contributed by atoms with van der Waals surface area (Å²) >= 11 is 0. The van der Waals surface area contributed by atoms with Crippen LogP contribution < -0.4 is 0 Å². The summed E-state index contributed by atoms with van der Waals surface area (Å²) in [4.78, 5) is 23.4. The number of hydrogen-bond acceptors (Lipinski definition) is 4. The van der Waals surface area contributed by atoms with Gasteiger partial charge in [0.05, 0.1) is 0 Å². The molecule has 0 spiro atoms. The van der Waals surface area contributed by atoms with Crippen molar-refractivity contribution in [2.75, 3.05) is 26.8 Å². The Balaban J connectivity index is 2.04. The van der Waals surface area contributed by atoms with E-state index in [0.29, 0.717) is 5.56 Å². The van der Waals surface area contributed by atoms with Crippen molar-refractivity contribution in [3.05, 3.63) is 35.9 Å². The molecule has 0 radical (unpaired) electrons. The molecule has 118 valence electrons. The molecule has 1 unspecified atom stereocenters. The van der Waals surface area contributed by atoms with Crippen molar-refractivity contribution in [3.8, 4) is 0 Å². The van der Waals surface area contributed by atoms with E-state index < -0.39 is 30.9 Å². The number of fused-ring (bicyclic) bond motifs is 1. The molecule has 1 aromatic rings. The fourth-order valence-corrected chi connectivity index (χ4v) is 3.57. The number of nitrogens with zero attached hydrogens (tertiary/aromatic N) is 1. The molecule has 1 atom stereocenters. The minimum atomic E-state index is -3.08. The van der Waals surface area contributed by atoms with Crippen LogP contribution in [0.15, 0.2) is 30.3 Å². The van der Waals surface area contributed by atoms with Gasteiger partial charge in [0, 0.05) is 7.05 Å². The van der Waals surface area contributed by atoms with Gasteiger partial charge in [-0.3, -0.25) is 18.4 Å². The van der Waals surface area contributed by atoms with Gasteiger partial charge in [-0.25, -0.2) is 0 Å². The van der Waals surface area contributed by atoms with E-state index in [9.17, 15) is 14.0 Å². The quantitative estimate of drug-likeness (QED) is 0.777. The summed E-state index contributed by atoms with van der Waals surface area (Å²) in [6, 6.07) is 8.46. The summed E-state index contributed by atoms with van der Waals surface area (Å²) in [6.45, 7) is -4.89. The SMILES string of the molecule is C[N+]12CC(=O)O[B-]1(C(F)(CF)Cc1ccccc1)OC(=O)C2. The molecule has 0 aromatic heterocycles. The maximum Gasteiger partial charge on any atom is 0.623 e. The van der Waals surface area contributed by atoms with Crippen LogP contribution in [0.3, 0.4) is 0 Å². The molecule has 2 aliphatic heterocycles. The molecular weight excluding hydrogens is 295 g/mol. The summed E-state index contributed by atoms with van der Waals surface area (Å²) in [5.74, 6) is -1.36. The van der Waals surface area contributed by atoms with Gasteiger partial charge in [0.1, 0.15) is 19.8 Å². The highest BCUT2D eigenvalue weighted by molar-refractivity contribution is 6.69. The van der Waals surface area contributed by atoms with Crippen LogP contribution in [0.1, 0.15) is 5.56 Å². The summed E-state index contributed by atoms with van der Waals surface area (Å²) in [5.41, 5.74) is -2.05. The van der Waals surface area contributed by atoms with E-state index >= 15 is 4.39 Å². The Bertz CT molecular complexity index is 607. The molecule has 2 saturated heterocycles. The van der Waals surface area contributed by atoms with Gasteiger partial charge in [-0.15, -0.1) is 0 Å². The van der Waals surface area contributed by atoms with Crippen LogP contribution in [0.4, 0.5) is 8.78 Å². The maximum absolute atomic E-state index is 15.5. The summed E-state index contributed by atoms with van der Waals surface area (Å²) in [6.07, 6.45) is -0.335. The molecule has 2 heterocycles. The first-order valence-corrected chi connectivity index (χ1v) is 7.05. The van der Waals surface area contributed by atoms with E-state index in [1.807, 2.05) is 0 Å². The number of benzene rings is 1. The number of carbonyl (C=O) groups is 2. The van der Waals surface area contributed by atoms with Crippen molar-refractivity contribution in [1.82, 2.24) is 0 Å². The highest BCUT2D eigenvalue weighted by Crippen LogP contribution is 2.44. The first kappa shape index (κ1) is 15.0. The molecule has 1 aromatic carbocycles. The zero-order valence-corrected chi connectivity index (χ0v) is 12.1. The fraction of sp³-hybridized carbons (Fsp3) is 0.429. The van der Waals surface area contributed by atoms with Gasteiger partial charge in [-0.2, -0.15) is 0 Å². The first-order chi connectivity index (χ1) is 10.3. The Morgan fingerprint density at radius 3 is 2.23 bits per heavy atom. The largest absolute Gasteiger partial charge is 0.623 e. The van der Waals surface area contributed by atoms with Crippen LogP contribution in [0.25, 0.3) is 0 Å². The van der Waals surface area contributed by atoms with Crippen molar-refractivity contribution in [3.63, 3.8) is 0 Å². The van der Waals surface area contributed by atoms with Gasteiger partial charge < -0.3 is 13.7 Å². The first-order valence-electron chi connectivity index (χ1n) is 7.05. The molecular formula is C14H16BF2NO4. The van der Waals surface area contributed by atoms with Crippen LogP contribution >= 0.6 is 0 Å². The van der Waals surface area contributed by atoms with Crippen molar-refractivity contribution >= 4 is 18.6 Å². The lowest BCUT2D eigenvalue weighted by atomic mass is 9.52. The van der Waals surface area contributed by atoms with Crippen molar-refractivity contribution < 1.29 is 32.1 Å². The number of alkyl halides is 2. The molecule has 0 N–H and O–H groups in total. The second-order valence-corrected chi connectivity index (χ2v) is 6.28. The fourth-order valence-electron chi connectivity index (χ4n) is 3.57. The third kappa shape index (κ3) is 1.94. The Kier molecular flexibility index (Phi) is 3.25. The zero-order valence-electron chi connectivity index (χ0n) is 12.1. The standard InChI is InChI=1S/C14H16BF2NO4/c1-18-8-12(19)21-15(18,22-13(20)9-18)14(17,10-16)7-11-5-3-2-4-6-11/h2-6H,7-10H2,1H3. The lowest BCUT2D eigenvalue weighted by Gasteiger charge is -2.46. The average molecular weight is 311 g/mol. The Hall–Kier alpha value is -1.96. The van der Waals surface area contributed by atoms with Crippen LogP contribution in [0.5, 0.6) is 0 Å². The van der Waals surface area contributed by atoms with Gasteiger partial charge in [0.15, 0.2) is 5.57 Å². The minimum absolute atomic E-state index is 0.202. The predicted molar refractivity (Wildman–Crippen MR) is 73.8 cm³/mol. The van der Waals surface area contributed by atoms with E-state index in [0.717, 1.165) is 0 Å². The summed E-state index contributed by atoms with van der Waals surface area (Å²) < 4.78 is 39.1. The van der Waals surface area contributed by atoms with E-state index in [2.05, 4.69) is 0 Å². The van der Waals surface area contributed by atoms with E-state index in [1.54, 1.807) is 30.3 Å². The number of likely N-dealkylation sites (N-methyl/N-ethyl adjacent to an activating group) is 1. The second-order valence-electron chi connectivity index (χ2n) is 6.28. The average Bonchev–Trinajstić information content (AvgIpc) is 2.84. The zero-order chi connectivity index (χ0) is 16.0. The van der Waals surface area contributed by atoms with Crippen LogP contribution in [0, 0.1) is 0 Å². The number of hydrogen-bond donors (Lipinski definition) is 0. The smallest absolute Gasteiger partial charge is 0.598 e. The van der Waals surface area contributed by atoms with E-state index in [-0.39, 0.29) is 23.9 Å². The van der Waals surface area contributed by atoms with Gasteiger partial charge in [-0.1, -0.05) is 30.3 Å². The third-order valence-corrected chi connectivity index (χ3v) is 4.60. The maximum atomic E-state index is 15.5. The normalized spacial score (nSPS) is 33.0.